The molecule has 0 spiro atoms. The summed E-state index contributed by atoms with van der Waals surface area (Å²) in [5.41, 5.74) is -0.591. The maximum atomic E-state index is 12.7. The van der Waals surface area contributed by atoms with E-state index in [0.29, 0.717) is 26.3 Å². The third kappa shape index (κ3) is 4.65. The summed E-state index contributed by atoms with van der Waals surface area (Å²) >= 11 is 1.24. The lowest BCUT2D eigenvalue weighted by Crippen LogP contribution is -2.30. The van der Waals surface area contributed by atoms with Gasteiger partial charge < -0.3 is 15.5 Å². The predicted molar refractivity (Wildman–Crippen MR) is 104 cm³/mol. The first kappa shape index (κ1) is 21.4. The minimum absolute atomic E-state index is 0.288. The van der Waals surface area contributed by atoms with Gasteiger partial charge >= 0.3 is 12.1 Å². The molecule has 0 saturated carbocycles. The highest BCUT2D eigenvalue weighted by molar-refractivity contribution is 7.99. The fraction of sp³-hybridized carbons (Fsp3) is 0.150. The highest BCUT2D eigenvalue weighted by Crippen LogP contribution is 2.36. The van der Waals surface area contributed by atoms with Crippen LogP contribution in [0.1, 0.15) is 21.7 Å². The molecular formula is C20H15F3N2O4S. The number of aryl methyl sites for hydroxylation is 1. The van der Waals surface area contributed by atoms with Gasteiger partial charge in [-0.1, -0.05) is 11.8 Å². The zero-order chi connectivity index (χ0) is 22.1. The molecule has 3 N–H and O–H groups in total. The molecule has 0 saturated heterocycles. The van der Waals surface area contributed by atoms with Crippen molar-refractivity contribution in [2.24, 2.45) is 0 Å². The molecule has 0 aliphatic heterocycles. The van der Waals surface area contributed by atoms with Crippen molar-refractivity contribution >= 4 is 34.4 Å². The molecule has 30 heavy (non-hydrogen) atoms. The van der Waals surface area contributed by atoms with E-state index in [1.807, 2.05) is 0 Å². The van der Waals surface area contributed by atoms with Gasteiger partial charge in [-0.3, -0.25) is 9.59 Å². The van der Waals surface area contributed by atoms with Gasteiger partial charge in [0.25, 0.3) is 5.91 Å². The van der Waals surface area contributed by atoms with Gasteiger partial charge in [-0.2, -0.15) is 13.2 Å². The maximum Gasteiger partial charge on any atom is 0.416 e. The van der Waals surface area contributed by atoms with Crippen molar-refractivity contribution < 1.29 is 33.0 Å². The van der Waals surface area contributed by atoms with Crippen LogP contribution in [0, 0.1) is 6.92 Å². The van der Waals surface area contributed by atoms with E-state index in [4.69, 9.17) is 5.11 Å². The zero-order valence-corrected chi connectivity index (χ0v) is 16.3. The molecule has 0 atom stereocenters. The number of alkyl halides is 3. The van der Waals surface area contributed by atoms with Crippen molar-refractivity contribution in [3.05, 3.63) is 59.4 Å². The Bertz CT molecular complexity index is 1130. The Morgan fingerprint density at radius 1 is 1.07 bits per heavy atom. The number of rotatable bonds is 5. The Balaban J connectivity index is 1.89. The SMILES string of the molecule is Cc1nc(C(=O)NCC(=O)O)c(O)c2ccc(Sc3ccc(C(F)(F)F)cc3)cc12. The average molecular weight is 436 g/mol. The molecule has 1 heterocycles. The summed E-state index contributed by atoms with van der Waals surface area (Å²) < 4.78 is 38.1. The summed E-state index contributed by atoms with van der Waals surface area (Å²) in [6.45, 7) is 1.02. The van der Waals surface area contributed by atoms with E-state index in [-0.39, 0.29) is 11.4 Å². The van der Waals surface area contributed by atoms with E-state index in [9.17, 15) is 27.9 Å². The van der Waals surface area contributed by atoms with Crippen LogP contribution < -0.4 is 5.32 Å². The van der Waals surface area contributed by atoms with Gasteiger partial charge in [0.1, 0.15) is 6.54 Å². The van der Waals surface area contributed by atoms with E-state index in [1.165, 1.54) is 23.9 Å². The molecule has 3 rings (SSSR count). The summed E-state index contributed by atoms with van der Waals surface area (Å²) in [7, 11) is 0. The fourth-order valence-corrected chi connectivity index (χ4v) is 3.60. The molecule has 1 aromatic heterocycles. The first-order valence-electron chi connectivity index (χ1n) is 8.54. The Morgan fingerprint density at radius 2 is 1.70 bits per heavy atom. The van der Waals surface area contributed by atoms with Gasteiger partial charge in [0, 0.05) is 26.3 Å². The zero-order valence-electron chi connectivity index (χ0n) is 15.4. The number of pyridine rings is 1. The van der Waals surface area contributed by atoms with Crippen LogP contribution in [0.2, 0.25) is 0 Å². The topological polar surface area (TPSA) is 99.5 Å². The average Bonchev–Trinajstić information content (AvgIpc) is 2.68. The lowest BCUT2D eigenvalue weighted by molar-refractivity contribution is -0.138. The predicted octanol–water partition coefficient (Wildman–Crippen LogP) is 4.23. The molecule has 0 aliphatic rings. The van der Waals surface area contributed by atoms with Crippen LogP contribution in [-0.4, -0.2) is 33.6 Å². The monoisotopic (exact) mass is 436 g/mol. The number of aliphatic carboxylic acids is 1. The molecule has 6 nitrogen and oxygen atoms in total. The van der Waals surface area contributed by atoms with Gasteiger partial charge in [0.2, 0.25) is 0 Å². The molecule has 0 fully saturated rings. The molecule has 3 aromatic rings. The quantitative estimate of drug-likeness (QED) is 0.554. The Kier molecular flexibility index (Phi) is 5.88. The number of nitrogens with zero attached hydrogens (tertiary/aromatic N) is 1. The van der Waals surface area contributed by atoms with Crippen molar-refractivity contribution in [3.8, 4) is 5.75 Å². The lowest BCUT2D eigenvalue weighted by atomic mass is 10.1. The van der Waals surface area contributed by atoms with E-state index in [0.717, 1.165) is 12.1 Å². The van der Waals surface area contributed by atoms with Crippen molar-refractivity contribution in [1.82, 2.24) is 10.3 Å². The second kappa shape index (κ2) is 8.23. The highest BCUT2D eigenvalue weighted by Gasteiger charge is 2.30. The highest BCUT2D eigenvalue weighted by atomic mass is 32.2. The van der Waals surface area contributed by atoms with Crippen molar-refractivity contribution in [1.29, 1.82) is 0 Å². The summed E-state index contributed by atoms with van der Waals surface area (Å²) in [5, 5.41) is 22.1. The number of amides is 1. The number of carboxylic acid groups (broad SMARTS) is 1. The number of fused-ring (bicyclic) bond motifs is 1. The van der Waals surface area contributed by atoms with Gasteiger partial charge in [0.15, 0.2) is 11.4 Å². The second-order valence-corrected chi connectivity index (χ2v) is 7.45. The van der Waals surface area contributed by atoms with Gasteiger partial charge in [-0.05, 0) is 49.4 Å². The van der Waals surface area contributed by atoms with Gasteiger partial charge in [-0.15, -0.1) is 0 Å². The van der Waals surface area contributed by atoms with Gasteiger partial charge in [0.05, 0.1) is 5.56 Å². The largest absolute Gasteiger partial charge is 0.505 e. The van der Waals surface area contributed by atoms with E-state index >= 15 is 0 Å². The number of aromatic nitrogens is 1. The molecule has 0 aliphatic carbocycles. The standard InChI is InChI=1S/C20H15F3N2O4S/c1-10-15-8-13(30-12-4-2-11(3-5-12)20(21,22)23)6-7-14(15)18(28)17(25-10)19(29)24-9-16(26)27/h2-8,28H,9H2,1H3,(H,24,29)(H,26,27). The van der Waals surface area contributed by atoms with E-state index < -0.39 is 30.2 Å². The molecule has 1 amide bonds. The number of carbonyl (C=O) groups excluding carboxylic acids is 1. The van der Waals surface area contributed by atoms with Crippen LogP contribution in [0.4, 0.5) is 13.2 Å². The molecule has 156 valence electrons. The first-order chi connectivity index (χ1) is 14.1. The molecule has 2 aromatic carbocycles. The van der Waals surface area contributed by atoms with Crippen molar-refractivity contribution in [2.75, 3.05) is 6.54 Å². The third-order valence-corrected chi connectivity index (χ3v) is 5.17. The van der Waals surface area contributed by atoms with Crippen LogP contribution in [0.3, 0.4) is 0 Å². The number of carbonyl (C=O) groups is 2. The fourth-order valence-electron chi connectivity index (χ4n) is 2.75. The molecule has 0 unspecified atom stereocenters. The minimum Gasteiger partial charge on any atom is -0.505 e. The van der Waals surface area contributed by atoms with Crippen molar-refractivity contribution in [3.63, 3.8) is 0 Å². The van der Waals surface area contributed by atoms with E-state index in [1.54, 1.807) is 25.1 Å². The van der Waals surface area contributed by atoms with Crippen LogP contribution in [0.25, 0.3) is 10.8 Å². The van der Waals surface area contributed by atoms with Crippen LogP contribution in [0.15, 0.2) is 52.3 Å². The number of aromatic hydroxyl groups is 1. The smallest absolute Gasteiger partial charge is 0.416 e. The summed E-state index contributed by atoms with van der Waals surface area (Å²) in [4.78, 5) is 28.1. The maximum absolute atomic E-state index is 12.7. The van der Waals surface area contributed by atoms with E-state index in [2.05, 4.69) is 10.3 Å². The number of hydrogen-bond acceptors (Lipinski definition) is 5. The molecule has 0 bridgehead atoms. The number of benzene rings is 2. The Labute approximate surface area is 172 Å². The number of halogens is 3. The lowest BCUT2D eigenvalue weighted by Gasteiger charge is -2.11. The molecule has 10 heteroatoms. The second-order valence-electron chi connectivity index (χ2n) is 6.30. The Hall–Kier alpha value is -3.27. The minimum atomic E-state index is -4.40. The van der Waals surface area contributed by atoms with Gasteiger partial charge in [-0.25, -0.2) is 4.98 Å². The number of nitrogens with one attached hydrogen (secondary N) is 1. The normalized spacial score (nSPS) is 11.5. The molecule has 0 radical (unpaired) electrons. The molecular weight excluding hydrogens is 421 g/mol. The third-order valence-electron chi connectivity index (χ3n) is 4.17. The van der Waals surface area contributed by atoms with Crippen molar-refractivity contribution in [2.45, 2.75) is 22.9 Å². The number of carboxylic acids is 1. The first-order valence-corrected chi connectivity index (χ1v) is 9.36. The summed E-state index contributed by atoms with van der Waals surface area (Å²) in [5.74, 6) is -2.43. The van der Waals surface area contributed by atoms with Crippen LogP contribution in [0.5, 0.6) is 5.75 Å². The Morgan fingerprint density at radius 3 is 2.30 bits per heavy atom. The van der Waals surface area contributed by atoms with Crippen LogP contribution >= 0.6 is 11.8 Å². The number of hydrogen-bond donors (Lipinski definition) is 3. The summed E-state index contributed by atoms with van der Waals surface area (Å²) in [6.07, 6.45) is -4.40. The van der Waals surface area contributed by atoms with Crippen LogP contribution in [-0.2, 0) is 11.0 Å². The summed E-state index contributed by atoms with van der Waals surface area (Å²) in [6, 6.07) is 9.68.